The summed E-state index contributed by atoms with van der Waals surface area (Å²) in [5.41, 5.74) is -1.76. The minimum absolute atomic E-state index is 0. The van der Waals surface area contributed by atoms with Gasteiger partial charge in [0.05, 0.1) is 9.85 Å². The molecule has 0 saturated heterocycles. The zero-order valence-electron chi connectivity index (χ0n) is 15.4. The quantitative estimate of drug-likeness (QED) is 0.129. The Morgan fingerprint density at radius 2 is 0.967 bits per heavy atom. The van der Waals surface area contributed by atoms with E-state index in [1.807, 2.05) is 0 Å². The molecule has 2 rings (SSSR count). The van der Waals surface area contributed by atoms with Crippen molar-refractivity contribution >= 4 is 43.8 Å². The van der Waals surface area contributed by atoms with Crippen LogP contribution in [0.1, 0.15) is 11.1 Å². The molecule has 0 aliphatic rings. The molecule has 0 spiro atoms. The first-order valence-corrected chi connectivity index (χ1v) is 9.79. The van der Waals surface area contributed by atoms with Crippen LogP contribution in [0.25, 0.3) is 12.2 Å². The summed E-state index contributed by atoms with van der Waals surface area (Å²) in [6.07, 6.45) is 2.33. The second-order valence-electron chi connectivity index (χ2n) is 5.21. The molecule has 12 nitrogen and oxygen atoms in total. The maximum Gasteiger partial charge on any atom is 1.00 e. The standard InChI is InChI=1S/C14H10N2O10S2.2Na/c17-15(18)11-5-3-9(7-13(11)27(21,22)23)1-2-10-4-6-12(16(19)20)14(8-10)28(24,25)26;;/h1-8H,(H,21,22,23)(H,24,25,26);;/q;2*+1/p-2. The van der Waals surface area contributed by atoms with Crippen molar-refractivity contribution in [1.82, 2.24) is 0 Å². The first kappa shape index (κ1) is 28.8. The van der Waals surface area contributed by atoms with Crippen LogP contribution in [0.3, 0.4) is 0 Å². The molecule has 0 aliphatic heterocycles. The Morgan fingerprint density at radius 3 is 1.20 bits per heavy atom. The number of nitrogens with zero attached hydrogens (tertiary/aromatic N) is 2. The van der Waals surface area contributed by atoms with Gasteiger partial charge >= 0.3 is 59.1 Å². The van der Waals surface area contributed by atoms with Crippen molar-refractivity contribution in [2.24, 2.45) is 0 Å². The third-order valence-corrected chi connectivity index (χ3v) is 5.10. The van der Waals surface area contributed by atoms with Crippen molar-refractivity contribution in [3.05, 3.63) is 67.8 Å². The van der Waals surface area contributed by atoms with E-state index in [2.05, 4.69) is 0 Å². The second-order valence-corrected chi connectivity index (χ2v) is 7.91. The van der Waals surface area contributed by atoms with Crippen molar-refractivity contribution in [2.75, 3.05) is 0 Å². The summed E-state index contributed by atoms with van der Waals surface area (Å²) < 4.78 is 67.1. The van der Waals surface area contributed by atoms with Gasteiger partial charge < -0.3 is 9.11 Å². The largest absolute Gasteiger partial charge is 1.00 e. The SMILES string of the molecule is O=[N+]([O-])c1ccc(C=Cc2ccc([N+](=O)[O-])c(S(=O)(=O)[O-])c2)cc1S(=O)(=O)[O-].[Na+].[Na+]. The Kier molecular flexibility index (Phi) is 10.5. The predicted octanol–water partition coefficient (Wildman–Crippen LogP) is -4.51. The average Bonchev–Trinajstić information content (AvgIpc) is 2.57. The van der Waals surface area contributed by atoms with Crippen LogP contribution in [-0.2, 0) is 20.2 Å². The predicted molar refractivity (Wildman–Crippen MR) is 91.0 cm³/mol. The van der Waals surface area contributed by atoms with Crippen molar-refractivity contribution in [2.45, 2.75) is 9.79 Å². The normalized spacial score (nSPS) is 11.4. The molecule has 30 heavy (non-hydrogen) atoms. The van der Waals surface area contributed by atoms with Crippen molar-refractivity contribution in [1.29, 1.82) is 0 Å². The van der Waals surface area contributed by atoms with Crippen LogP contribution in [0.4, 0.5) is 11.4 Å². The molecular formula is C14H8N2Na2O10S2. The van der Waals surface area contributed by atoms with Gasteiger partial charge in [-0.05, 0) is 35.4 Å². The number of hydrogen-bond acceptors (Lipinski definition) is 10. The van der Waals surface area contributed by atoms with E-state index < -0.39 is 51.2 Å². The molecule has 0 heterocycles. The minimum Gasteiger partial charge on any atom is -0.744 e. The van der Waals surface area contributed by atoms with E-state index in [1.54, 1.807) is 0 Å². The van der Waals surface area contributed by atoms with E-state index in [4.69, 9.17) is 0 Å². The molecule has 0 saturated carbocycles. The fraction of sp³-hybridized carbons (Fsp3) is 0. The van der Waals surface area contributed by atoms with E-state index in [9.17, 15) is 46.2 Å². The molecule has 0 fully saturated rings. The molecule has 0 atom stereocenters. The van der Waals surface area contributed by atoms with Gasteiger partial charge in [-0.2, -0.15) is 0 Å². The van der Waals surface area contributed by atoms with Crippen LogP contribution in [0.15, 0.2) is 46.2 Å². The minimum atomic E-state index is -5.15. The number of hydrogen-bond donors (Lipinski definition) is 0. The van der Waals surface area contributed by atoms with E-state index in [0.717, 1.165) is 36.4 Å². The summed E-state index contributed by atoms with van der Waals surface area (Å²) in [7, 11) is -10.3. The molecule has 0 N–H and O–H groups in total. The Morgan fingerprint density at radius 1 is 0.667 bits per heavy atom. The van der Waals surface area contributed by atoms with Crippen LogP contribution in [0.2, 0.25) is 0 Å². The number of nitro benzene ring substituents is 2. The van der Waals surface area contributed by atoms with Gasteiger partial charge in [0.1, 0.15) is 30.0 Å². The van der Waals surface area contributed by atoms with Crippen LogP contribution in [0, 0.1) is 20.2 Å². The van der Waals surface area contributed by atoms with Crippen LogP contribution in [0.5, 0.6) is 0 Å². The van der Waals surface area contributed by atoms with Crippen molar-refractivity contribution < 1.29 is 94.9 Å². The maximum absolute atomic E-state index is 11.2. The molecule has 16 heteroatoms. The molecule has 148 valence electrons. The Balaban J connectivity index is 0.00000420. The molecule has 2 aromatic rings. The first-order chi connectivity index (χ1) is 12.8. The van der Waals surface area contributed by atoms with E-state index in [0.29, 0.717) is 0 Å². The Bertz CT molecular complexity index is 1130. The zero-order chi connectivity index (χ0) is 21.3. The molecule has 0 aliphatic carbocycles. The van der Waals surface area contributed by atoms with E-state index >= 15 is 0 Å². The molecular weight excluding hydrogens is 466 g/mol. The molecule has 0 bridgehead atoms. The molecule has 2 aromatic carbocycles. The fourth-order valence-corrected chi connectivity index (χ4v) is 3.52. The number of benzene rings is 2. The fourth-order valence-electron chi connectivity index (χ4n) is 2.16. The van der Waals surface area contributed by atoms with Gasteiger partial charge in [0.25, 0.3) is 11.4 Å². The Labute approximate surface area is 214 Å². The molecule has 0 aromatic heterocycles. The number of nitro groups is 2. The zero-order valence-corrected chi connectivity index (χ0v) is 21.0. The van der Waals surface area contributed by atoms with Gasteiger partial charge in [-0.15, -0.1) is 0 Å². The monoisotopic (exact) mass is 474 g/mol. The van der Waals surface area contributed by atoms with E-state index in [1.165, 1.54) is 12.2 Å². The molecule has 0 amide bonds. The third kappa shape index (κ3) is 7.19. The van der Waals surface area contributed by atoms with Crippen LogP contribution in [-0.4, -0.2) is 35.8 Å². The summed E-state index contributed by atoms with van der Waals surface area (Å²) in [5, 5.41) is 21.6. The molecule has 0 unspecified atom stereocenters. The first-order valence-electron chi connectivity index (χ1n) is 6.97. The Hall–Kier alpha value is -1.20. The summed E-state index contributed by atoms with van der Waals surface area (Å²) >= 11 is 0. The topological polar surface area (TPSA) is 201 Å². The maximum atomic E-state index is 11.2. The van der Waals surface area contributed by atoms with Gasteiger partial charge in [0, 0.05) is 12.1 Å². The summed E-state index contributed by atoms with van der Waals surface area (Å²) in [6.45, 7) is 0. The van der Waals surface area contributed by atoms with Gasteiger partial charge in [-0.1, -0.05) is 12.2 Å². The van der Waals surface area contributed by atoms with Crippen molar-refractivity contribution in [3.63, 3.8) is 0 Å². The van der Waals surface area contributed by atoms with Gasteiger partial charge in [-0.25, -0.2) is 16.8 Å². The smallest absolute Gasteiger partial charge is 0.744 e. The van der Waals surface area contributed by atoms with Crippen LogP contribution < -0.4 is 59.1 Å². The summed E-state index contributed by atoms with van der Waals surface area (Å²) in [6, 6.07) is 5.34. The number of rotatable bonds is 6. The summed E-state index contributed by atoms with van der Waals surface area (Å²) in [4.78, 5) is 17.4. The third-order valence-electron chi connectivity index (χ3n) is 3.37. The summed E-state index contributed by atoms with van der Waals surface area (Å²) in [5.74, 6) is 0. The van der Waals surface area contributed by atoms with Gasteiger partial charge in [0.2, 0.25) is 0 Å². The second kappa shape index (κ2) is 10.9. The average molecular weight is 474 g/mol. The van der Waals surface area contributed by atoms with Gasteiger partial charge in [0.15, 0.2) is 0 Å². The molecule has 0 radical (unpaired) electrons. The van der Waals surface area contributed by atoms with E-state index in [-0.39, 0.29) is 70.2 Å². The van der Waals surface area contributed by atoms with Gasteiger partial charge in [-0.3, -0.25) is 20.2 Å². The van der Waals surface area contributed by atoms with Crippen LogP contribution >= 0.6 is 0 Å². The van der Waals surface area contributed by atoms with Crippen molar-refractivity contribution in [3.8, 4) is 0 Å².